The number of hydrogen-bond donors (Lipinski definition) is 2. The van der Waals surface area contributed by atoms with Crippen LogP contribution in [0.4, 0.5) is 8.78 Å². The maximum atomic E-state index is 13.8. The molecule has 1 saturated carbocycles. The second-order valence-corrected chi connectivity index (χ2v) is 7.79. The van der Waals surface area contributed by atoms with Gasteiger partial charge >= 0.3 is 0 Å². The Kier molecular flexibility index (Phi) is 5.26. The van der Waals surface area contributed by atoms with Gasteiger partial charge in [0.15, 0.2) is 11.4 Å². The van der Waals surface area contributed by atoms with Crippen molar-refractivity contribution in [2.24, 2.45) is 0 Å². The first-order chi connectivity index (χ1) is 14.8. The molecule has 0 saturated heterocycles. The third-order valence-corrected chi connectivity index (χ3v) is 5.79. The number of aromatic nitrogens is 1. The van der Waals surface area contributed by atoms with E-state index in [9.17, 15) is 28.3 Å². The van der Waals surface area contributed by atoms with E-state index >= 15 is 0 Å². The van der Waals surface area contributed by atoms with Crippen molar-refractivity contribution < 1.29 is 28.2 Å². The summed E-state index contributed by atoms with van der Waals surface area (Å²) in [5, 5.41) is 12.8. The molecular formula is C21H21F2N3O5. The summed E-state index contributed by atoms with van der Waals surface area (Å²) < 4.78 is 33.3. The molecule has 2 aromatic rings. The topological polar surface area (TPSA) is 101 Å². The van der Waals surface area contributed by atoms with Gasteiger partial charge < -0.3 is 24.6 Å². The molecule has 164 valence electrons. The van der Waals surface area contributed by atoms with Crippen LogP contribution in [0.2, 0.25) is 0 Å². The van der Waals surface area contributed by atoms with E-state index in [2.05, 4.69) is 5.32 Å². The Balaban J connectivity index is 1.61. The molecule has 1 aliphatic carbocycles. The SMILES string of the molecule is COCCN1C(=O)c2c(O)c(=O)c(C(=O)NCc3ccc(F)cc3F)cn2CC12CC2. The van der Waals surface area contributed by atoms with Crippen molar-refractivity contribution >= 4 is 11.8 Å². The van der Waals surface area contributed by atoms with Crippen LogP contribution in [0, 0.1) is 11.6 Å². The number of hydrogen-bond acceptors (Lipinski definition) is 5. The summed E-state index contributed by atoms with van der Waals surface area (Å²) in [5.74, 6) is -3.70. The summed E-state index contributed by atoms with van der Waals surface area (Å²) in [5.41, 5.74) is -1.90. The lowest BCUT2D eigenvalue weighted by Crippen LogP contribution is -2.52. The lowest BCUT2D eigenvalue weighted by atomic mass is 10.1. The monoisotopic (exact) mass is 433 g/mol. The minimum Gasteiger partial charge on any atom is -0.503 e. The summed E-state index contributed by atoms with van der Waals surface area (Å²) in [6.45, 7) is 0.701. The van der Waals surface area contributed by atoms with Crippen molar-refractivity contribution in [3.63, 3.8) is 0 Å². The molecule has 1 aromatic heterocycles. The van der Waals surface area contributed by atoms with E-state index in [1.807, 2.05) is 0 Å². The van der Waals surface area contributed by atoms with Crippen molar-refractivity contribution in [1.82, 2.24) is 14.8 Å². The van der Waals surface area contributed by atoms with Crippen LogP contribution in [0.15, 0.2) is 29.2 Å². The number of nitrogens with one attached hydrogen (secondary N) is 1. The third kappa shape index (κ3) is 3.67. The summed E-state index contributed by atoms with van der Waals surface area (Å²) in [4.78, 5) is 39.8. The molecule has 8 nitrogen and oxygen atoms in total. The number of pyridine rings is 1. The number of benzene rings is 1. The number of nitrogens with zero attached hydrogens (tertiary/aromatic N) is 2. The Morgan fingerprint density at radius 2 is 2.03 bits per heavy atom. The minimum absolute atomic E-state index is 0.0397. The largest absolute Gasteiger partial charge is 0.503 e. The quantitative estimate of drug-likeness (QED) is 0.717. The van der Waals surface area contributed by atoms with Crippen LogP contribution >= 0.6 is 0 Å². The molecule has 10 heteroatoms. The Labute approximate surface area is 176 Å². The lowest BCUT2D eigenvalue weighted by molar-refractivity contribution is 0.0455. The van der Waals surface area contributed by atoms with Crippen LogP contribution in [0.5, 0.6) is 5.75 Å². The molecule has 1 aliphatic heterocycles. The lowest BCUT2D eigenvalue weighted by Gasteiger charge is -2.38. The molecule has 1 spiro atoms. The highest BCUT2D eigenvalue weighted by Gasteiger charge is 2.54. The van der Waals surface area contributed by atoms with Gasteiger partial charge in [-0.1, -0.05) is 6.07 Å². The van der Waals surface area contributed by atoms with Gasteiger partial charge in [0.25, 0.3) is 11.8 Å². The van der Waals surface area contributed by atoms with Crippen molar-refractivity contribution in [2.45, 2.75) is 31.5 Å². The molecular weight excluding hydrogens is 412 g/mol. The summed E-state index contributed by atoms with van der Waals surface area (Å²) in [7, 11) is 1.52. The molecule has 2 amide bonds. The minimum atomic E-state index is -0.991. The van der Waals surface area contributed by atoms with E-state index in [0.717, 1.165) is 18.9 Å². The van der Waals surface area contributed by atoms with E-state index in [-0.39, 0.29) is 23.4 Å². The van der Waals surface area contributed by atoms with Gasteiger partial charge in [0.2, 0.25) is 5.43 Å². The van der Waals surface area contributed by atoms with E-state index in [1.54, 1.807) is 4.90 Å². The second-order valence-electron chi connectivity index (χ2n) is 7.79. The van der Waals surface area contributed by atoms with Crippen LogP contribution in [0.3, 0.4) is 0 Å². The Hall–Kier alpha value is -3.27. The average Bonchev–Trinajstić information content (AvgIpc) is 3.49. The molecule has 2 aliphatic rings. The van der Waals surface area contributed by atoms with Crippen molar-refractivity contribution in [1.29, 1.82) is 0 Å². The van der Waals surface area contributed by atoms with Crippen molar-refractivity contribution in [3.05, 3.63) is 63.1 Å². The number of carbonyl (C=O) groups is 2. The number of ether oxygens (including phenoxy) is 1. The summed E-state index contributed by atoms with van der Waals surface area (Å²) in [6.07, 6.45) is 2.78. The normalized spacial score (nSPS) is 16.4. The molecule has 0 unspecified atom stereocenters. The molecule has 31 heavy (non-hydrogen) atoms. The first-order valence-electron chi connectivity index (χ1n) is 9.77. The van der Waals surface area contributed by atoms with Gasteiger partial charge in [-0.05, 0) is 18.9 Å². The molecule has 2 heterocycles. The first-order valence-corrected chi connectivity index (χ1v) is 9.77. The third-order valence-electron chi connectivity index (χ3n) is 5.79. The van der Waals surface area contributed by atoms with Gasteiger partial charge in [0, 0.05) is 44.6 Å². The average molecular weight is 433 g/mol. The van der Waals surface area contributed by atoms with Crippen LogP contribution in [0.25, 0.3) is 0 Å². The molecule has 2 N–H and O–H groups in total. The molecule has 0 atom stereocenters. The van der Waals surface area contributed by atoms with Crippen LogP contribution in [0.1, 0.15) is 39.3 Å². The number of carbonyl (C=O) groups excluding carboxylic acids is 2. The van der Waals surface area contributed by atoms with Crippen LogP contribution in [-0.2, 0) is 17.8 Å². The number of amides is 2. The van der Waals surface area contributed by atoms with Gasteiger partial charge in [-0.3, -0.25) is 14.4 Å². The summed E-state index contributed by atoms with van der Waals surface area (Å²) >= 11 is 0. The smallest absolute Gasteiger partial charge is 0.275 e. The number of methoxy groups -OCH3 is 1. The zero-order valence-electron chi connectivity index (χ0n) is 16.8. The summed E-state index contributed by atoms with van der Waals surface area (Å²) in [6, 6.07) is 2.93. The van der Waals surface area contributed by atoms with E-state index in [0.29, 0.717) is 25.8 Å². The fourth-order valence-electron chi connectivity index (χ4n) is 3.94. The highest BCUT2D eigenvalue weighted by Crippen LogP contribution is 2.47. The Bertz CT molecular complexity index is 1130. The fraction of sp³-hybridized carbons (Fsp3) is 0.381. The highest BCUT2D eigenvalue weighted by molar-refractivity contribution is 5.99. The van der Waals surface area contributed by atoms with Gasteiger partial charge in [-0.15, -0.1) is 0 Å². The van der Waals surface area contributed by atoms with E-state index in [1.165, 1.54) is 23.9 Å². The molecule has 1 aromatic carbocycles. The standard InChI is InChI=1S/C21H21F2N3O5/c1-31-7-6-26-20(30)16-18(28)17(27)14(10-25(16)11-21(26)4-5-21)19(29)24-9-12-2-3-13(22)8-15(12)23/h2-3,8,10,28H,4-7,9,11H2,1H3,(H,24,29). The predicted molar refractivity (Wildman–Crippen MR) is 105 cm³/mol. The molecule has 0 bridgehead atoms. The van der Waals surface area contributed by atoms with Gasteiger partial charge in [-0.2, -0.15) is 0 Å². The highest BCUT2D eigenvalue weighted by atomic mass is 19.1. The van der Waals surface area contributed by atoms with Gasteiger partial charge in [0.05, 0.1) is 12.1 Å². The van der Waals surface area contributed by atoms with Gasteiger partial charge in [0.1, 0.15) is 17.2 Å². The Morgan fingerprint density at radius 1 is 1.29 bits per heavy atom. The number of aromatic hydroxyl groups is 1. The molecule has 1 fully saturated rings. The van der Waals surface area contributed by atoms with Crippen LogP contribution in [-0.4, -0.2) is 52.2 Å². The maximum absolute atomic E-state index is 13.8. The predicted octanol–water partition coefficient (Wildman–Crippen LogP) is 1.40. The zero-order chi connectivity index (χ0) is 22.3. The van der Waals surface area contributed by atoms with E-state index < -0.39 is 40.2 Å². The Morgan fingerprint density at radius 3 is 2.68 bits per heavy atom. The molecule has 0 radical (unpaired) electrons. The fourth-order valence-corrected chi connectivity index (χ4v) is 3.94. The van der Waals surface area contributed by atoms with Crippen molar-refractivity contribution in [3.8, 4) is 5.75 Å². The first kappa shape index (κ1) is 21.0. The number of fused-ring (bicyclic) bond motifs is 1. The van der Waals surface area contributed by atoms with E-state index in [4.69, 9.17) is 4.74 Å². The number of halogens is 2. The van der Waals surface area contributed by atoms with Gasteiger partial charge in [-0.25, -0.2) is 8.78 Å². The molecule has 4 rings (SSSR count). The van der Waals surface area contributed by atoms with Crippen LogP contribution < -0.4 is 10.7 Å². The maximum Gasteiger partial charge on any atom is 0.275 e. The second kappa shape index (κ2) is 7.77. The number of rotatable bonds is 6. The zero-order valence-corrected chi connectivity index (χ0v) is 16.8. The van der Waals surface area contributed by atoms with Crippen molar-refractivity contribution in [2.75, 3.05) is 20.3 Å².